The molecule has 3 aromatic carbocycles. The maximum absolute atomic E-state index is 16.9. The summed E-state index contributed by atoms with van der Waals surface area (Å²) in [6.45, 7) is 3.50. The van der Waals surface area contributed by atoms with Crippen LogP contribution in [0.1, 0.15) is 44.9 Å². The molecular weight excluding hydrogens is 672 g/mol. The molecule has 0 aliphatic carbocycles. The van der Waals surface area contributed by atoms with Gasteiger partial charge in [0.2, 0.25) is 11.8 Å². The molecule has 1 aromatic heterocycles. The molecular formula is C38H39FN6O5S. The summed E-state index contributed by atoms with van der Waals surface area (Å²) >= 11 is 0.915. The van der Waals surface area contributed by atoms with Crippen molar-refractivity contribution in [2.75, 3.05) is 44.7 Å². The Bertz CT molecular complexity index is 2090. The first-order chi connectivity index (χ1) is 24.7. The number of rotatable bonds is 7. The van der Waals surface area contributed by atoms with E-state index in [0.717, 1.165) is 79.0 Å². The number of anilines is 1. The monoisotopic (exact) mass is 710 g/mol. The smallest absolute Gasteiger partial charge is 0.319 e. The van der Waals surface area contributed by atoms with Gasteiger partial charge in [0, 0.05) is 49.6 Å². The Morgan fingerprint density at radius 3 is 2.47 bits per heavy atom. The minimum atomic E-state index is -0.700. The molecule has 264 valence electrons. The molecule has 51 heavy (non-hydrogen) atoms. The number of benzene rings is 3. The summed E-state index contributed by atoms with van der Waals surface area (Å²) in [7, 11) is 1.45. The first kappa shape index (κ1) is 32.4. The van der Waals surface area contributed by atoms with Gasteiger partial charge in [-0.3, -0.25) is 24.2 Å². The largest absolute Gasteiger partial charge is 0.508 e. The third kappa shape index (κ3) is 5.38. The van der Waals surface area contributed by atoms with Crippen LogP contribution in [0, 0.1) is 5.82 Å². The molecule has 4 aromatic rings. The molecule has 0 spiro atoms. The predicted octanol–water partition coefficient (Wildman–Crippen LogP) is 5.57. The third-order valence-electron chi connectivity index (χ3n) is 11.7. The Morgan fingerprint density at radius 2 is 1.75 bits per heavy atom. The number of aromatic nitrogens is 2. The molecule has 9 rings (SSSR count). The number of phenolic OH excluding ortho intramolecular Hbond substituents is 1. The maximum Gasteiger partial charge on any atom is 0.319 e. The summed E-state index contributed by atoms with van der Waals surface area (Å²) < 4.78 is 23.4. The minimum Gasteiger partial charge on any atom is -0.508 e. The number of nitrogens with zero attached hydrogens (tertiary/aromatic N) is 6. The summed E-state index contributed by atoms with van der Waals surface area (Å²) in [4.78, 5) is 55.5. The van der Waals surface area contributed by atoms with Crippen LogP contribution in [0.5, 0.6) is 11.8 Å². The van der Waals surface area contributed by atoms with Crippen LogP contribution in [0.25, 0.3) is 32.8 Å². The Kier molecular flexibility index (Phi) is 7.84. The second-order valence-electron chi connectivity index (χ2n) is 14.6. The zero-order valence-electron chi connectivity index (χ0n) is 28.4. The fraction of sp³-hybridized carbons (Fsp3) is 0.447. The number of carbonyl (C=O) groups is 3. The SMILES string of the molecule is CN1C(=O)SC(CC(=O)N2[C@@H]3CC[C@H]2CN(c2nc(OCC45CCCN4CCC5)nc4c(F)c(-c5cc(O)cc6ccccc56)ccc24)C3)C1=O. The fourth-order valence-electron chi connectivity index (χ4n) is 9.25. The van der Waals surface area contributed by atoms with E-state index in [9.17, 15) is 19.5 Å². The van der Waals surface area contributed by atoms with Crippen molar-refractivity contribution in [3.05, 3.63) is 54.3 Å². The number of hydrogen-bond acceptors (Lipinski definition) is 10. The van der Waals surface area contributed by atoms with Crippen LogP contribution in [0.15, 0.2) is 48.5 Å². The summed E-state index contributed by atoms with van der Waals surface area (Å²) in [6.07, 6.45) is 5.91. The van der Waals surface area contributed by atoms with Gasteiger partial charge in [0.25, 0.3) is 5.24 Å². The van der Waals surface area contributed by atoms with Crippen LogP contribution in [-0.4, -0.2) is 110 Å². The fourth-order valence-corrected chi connectivity index (χ4v) is 10.2. The Hall–Kier alpha value is -4.49. The summed E-state index contributed by atoms with van der Waals surface area (Å²) in [5.41, 5.74) is 0.975. The van der Waals surface area contributed by atoms with E-state index in [1.807, 2.05) is 35.2 Å². The first-order valence-electron chi connectivity index (χ1n) is 17.8. The lowest BCUT2D eigenvalue weighted by molar-refractivity contribution is -0.137. The van der Waals surface area contributed by atoms with Gasteiger partial charge in [0.1, 0.15) is 28.9 Å². The third-order valence-corrected chi connectivity index (χ3v) is 12.9. The van der Waals surface area contributed by atoms with Crippen molar-refractivity contribution in [2.45, 2.75) is 67.8 Å². The number of thioether (sulfide) groups is 1. The highest BCUT2D eigenvalue weighted by Gasteiger charge is 2.47. The number of hydrogen-bond donors (Lipinski definition) is 1. The van der Waals surface area contributed by atoms with Crippen molar-refractivity contribution < 1.29 is 28.6 Å². The molecule has 3 amide bonds. The Balaban J connectivity index is 1.07. The van der Waals surface area contributed by atoms with Crippen molar-refractivity contribution in [3.63, 3.8) is 0 Å². The van der Waals surface area contributed by atoms with Gasteiger partial charge >= 0.3 is 6.01 Å². The lowest BCUT2D eigenvalue weighted by Gasteiger charge is -2.42. The highest BCUT2D eigenvalue weighted by atomic mass is 32.2. The molecule has 3 atom stereocenters. The molecule has 0 saturated carbocycles. The molecule has 5 aliphatic rings. The van der Waals surface area contributed by atoms with Gasteiger partial charge in [0.05, 0.1) is 5.54 Å². The zero-order chi connectivity index (χ0) is 35.0. The van der Waals surface area contributed by atoms with Gasteiger partial charge in [-0.25, -0.2) is 4.39 Å². The van der Waals surface area contributed by atoms with Crippen LogP contribution >= 0.6 is 11.8 Å². The lowest BCUT2D eigenvalue weighted by Crippen LogP contribution is -2.56. The van der Waals surface area contributed by atoms with Crippen LogP contribution in [0.3, 0.4) is 0 Å². The summed E-state index contributed by atoms with van der Waals surface area (Å²) in [6, 6.07) is 14.3. The average molecular weight is 711 g/mol. The Morgan fingerprint density at radius 1 is 1.00 bits per heavy atom. The first-order valence-corrected chi connectivity index (χ1v) is 18.7. The predicted molar refractivity (Wildman–Crippen MR) is 192 cm³/mol. The second kappa shape index (κ2) is 12.3. The molecule has 5 aliphatic heterocycles. The van der Waals surface area contributed by atoms with Crippen LogP contribution < -0.4 is 9.64 Å². The number of halogens is 1. The van der Waals surface area contributed by atoms with E-state index in [4.69, 9.17) is 14.7 Å². The van der Waals surface area contributed by atoms with Gasteiger partial charge in [0.15, 0.2) is 5.82 Å². The minimum absolute atomic E-state index is 0.0164. The summed E-state index contributed by atoms with van der Waals surface area (Å²) in [5.74, 6) is -0.370. The van der Waals surface area contributed by atoms with Gasteiger partial charge in [-0.05, 0) is 86.1 Å². The van der Waals surface area contributed by atoms with Crippen molar-refractivity contribution in [1.82, 2.24) is 24.7 Å². The second-order valence-corrected chi connectivity index (χ2v) is 15.8. The van der Waals surface area contributed by atoms with Crippen molar-refractivity contribution in [2.24, 2.45) is 0 Å². The number of fused-ring (bicyclic) bond motifs is 5. The van der Waals surface area contributed by atoms with Crippen molar-refractivity contribution >= 4 is 56.3 Å². The molecule has 2 bridgehead atoms. The number of aromatic hydroxyl groups is 1. The van der Waals surface area contributed by atoms with Gasteiger partial charge in [-0.2, -0.15) is 9.97 Å². The van der Waals surface area contributed by atoms with E-state index in [0.29, 0.717) is 42.0 Å². The van der Waals surface area contributed by atoms with Crippen LogP contribution in [-0.2, 0) is 9.59 Å². The number of carbonyl (C=O) groups excluding carboxylic acids is 3. The molecule has 5 fully saturated rings. The quantitative estimate of drug-likeness (QED) is 0.261. The highest BCUT2D eigenvalue weighted by molar-refractivity contribution is 8.15. The number of amides is 3. The number of ether oxygens (including phenoxy) is 1. The molecule has 0 radical (unpaired) electrons. The topological polar surface area (TPSA) is 119 Å². The van der Waals surface area contributed by atoms with E-state index in [1.165, 1.54) is 7.05 Å². The maximum atomic E-state index is 16.9. The number of piperazine rings is 1. The molecule has 13 heteroatoms. The van der Waals surface area contributed by atoms with Gasteiger partial charge < -0.3 is 19.6 Å². The van der Waals surface area contributed by atoms with E-state index in [2.05, 4.69) is 9.80 Å². The standard InChI is InChI=1S/C38H39FN6O5S/c1-42-35(48)30(51-37(42)49)18-31(47)45-23-8-9-24(45)20-43(19-23)34-28-11-10-27(29-17-25(46)16-22-6-2-3-7-26(22)29)32(39)33(28)40-36(41-34)50-21-38-12-4-14-44(38)15-5-13-38/h2-3,6-7,10-11,16-17,23-24,30,46H,4-5,8-9,12-15,18-21H2,1H3/t23-,24+,30?. The molecule has 6 heterocycles. The molecule has 5 saturated heterocycles. The van der Waals surface area contributed by atoms with Gasteiger partial charge in [-0.1, -0.05) is 42.1 Å². The number of phenols is 1. The van der Waals surface area contributed by atoms with Crippen LogP contribution in [0.4, 0.5) is 15.0 Å². The lowest BCUT2D eigenvalue weighted by atomic mass is 9.95. The molecule has 11 nitrogen and oxygen atoms in total. The van der Waals surface area contributed by atoms with E-state index in [-0.39, 0.29) is 58.4 Å². The van der Waals surface area contributed by atoms with Crippen molar-refractivity contribution in [3.8, 4) is 22.9 Å². The molecule has 1 unspecified atom stereocenters. The highest BCUT2D eigenvalue weighted by Crippen LogP contribution is 2.42. The normalized spacial score (nSPS) is 24.4. The Labute approximate surface area is 298 Å². The van der Waals surface area contributed by atoms with Gasteiger partial charge in [-0.15, -0.1) is 0 Å². The van der Waals surface area contributed by atoms with E-state index in [1.54, 1.807) is 18.2 Å². The molecule has 1 N–H and O–H groups in total. The van der Waals surface area contributed by atoms with E-state index >= 15 is 4.39 Å². The summed E-state index contributed by atoms with van der Waals surface area (Å²) in [5, 5.41) is 11.7. The number of imide groups is 1. The van der Waals surface area contributed by atoms with Crippen LogP contribution in [0.2, 0.25) is 0 Å². The van der Waals surface area contributed by atoms with E-state index < -0.39 is 11.1 Å². The van der Waals surface area contributed by atoms with Crippen molar-refractivity contribution in [1.29, 1.82) is 0 Å². The average Bonchev–Trinajstić information content (AvgIpc) is 3.84. The zero-order valence-corrected chi connectivity index (χ0v) is 29.2.